The number of allylic oxidation sites excluding steroid dienone is 1. The first-order valence-corrected chi connectivity index (χ1v) is 7.33. The summed E-state index contributed by atoms with van der Waals surface area (Å²) in [5, 5.41) is 17.8. The summed E-state index contributed by atoms with van der Waals surface area (Å²) in [6, 6.07) is 6.41. The Hall–Kier alpha value is -1.57. The zero-order valence-electron chi connectivity index (χ0n) is 11.2. The molecule has 0 heterocycles. The van der Waals surface area contributed by atoms with Gasteiger partial charge in [0.05, 0.1) is 12.3 Å². The molecule has 0 aromatic heterocycles. The summed E-state index contributed by atoms with van der Waals surface area (Å²) in [7, 11) is -2.75. The standard InChI is InChI=1S/C13H19NO5S/c1-2-3-8-14(20(17)18)11-4-6-13(7-5-11)19-10-12(16)9-15/h3-8,12,15-16,20H,2,9-10H2,1H3. The molecular weight excluding hydrogens is 282 g/mol. The third kappa shape index (κ3) is 5.20. The quantitative estimate of drug-likeness (QED) is 0.615. The maximum absolute atomic E-state index is 11.2. The summed E-state index contributed by atoms with van der Waals surface area (Å²) in [5.74, 6) is 0.488. The van der Waals surface area contributed by atoms with Crippen LogP contribution in [0.5, 0.6) is 5.75 Å². The second kappa shape index (κ2) is 8.57. The first-order chi connectivity index (χ1) is 9.58. The first kappa shape index (κ1) is 16.5. The summed E-state index contributed by atoms with van der Waals surface area (Å²) in [5.41, 5.74) is 0.501. The van der Waals surface area contributed by atoms with Crippen molar-refractivity contribution in [2.45, 2.75) is 19.4 Å². The molecule has 0 radical (unpaired) electrons. The molecule has 6 nitrogen and oxygen atoms in total. The van der Waals surface area contributed by atoms with Gasteiger partial charge < -0.3 is 14.9 Å². The zero-order valence-corrected chi connectivity index (χ0v) is 12.1. The molecule has 1 atom stereocenters. The number of hydrogen-bond acceptors (Lipinski definition) is 5. The number of hydrogen-bond donors (Lipinski definition) is 3. The molecule has 7 heteroatoms. The highest BCUT2D eigenvalue weighted by molar-refractivity contribution is 7.74. The molecule has 0 bridgehead atoms. The van der Waals surface area contributed by atoms with E-state index in [-0.39, 0.29) is 13.2 Å². The van der Waals surface area contributed by atoms with Crippen molar-refractivity contribution >= 4 is 16.6 Å². The van der Waals surface area contributed by atoms with Crippen molar-refractivity contribution in [2.75, 3.05) is 17.5 Å². The highest BCUT2D eigenvalue weighted by atomic mass is 32.2. The van der Waals surface area contributed by atoms with Gasteiger partial charge in [-0.1, -0.05) is 13.0 Å². The fourth-order valence-corrected chi connectivity index (χ4v) is 1.91. The monoisotopic (exact) mass is 301 g/mol. The Morgan fingerprint density at radius 2 is 2.00 bits per heavy atom. The van der Waals surface area contributed by atoms with Crippen LogP contribution in [0.15, 0.2) is 36.5 Å². The van der Waals surface area contributed by atoms with E-state index in [0.29, 0.717) is 11.4 Å². The molecule has 0 aliphatic rings. The summed E-state index contributed by atoms with van der Waals surface area (Å²) in [6.07, 6.45) is 3.04. The number of aliphatic hydroxyl groups excluding tert-OH is 2. The van der Waals surface area contributed by atoms with E-state index in [4.69, 9.17) is 14.9 Å². The molecule has 1 aromatic rings. The van der Waals surface area contributed by atoms with E-state index >= 15 is 0 Å². The predicted molar refractivity (Wildman–Crippen MR) is 77.3 cm³/mol. The van der Waals surface area contributed by atoms with Gasteiger partial charge in [-0.25, -0.2) is 12.7 Å². The molecular formula is C13H19NO5S. The van der Waals surface area contributed by atoms with Gasteiger partial charge in [-0.3, -0.25) is 0 Å². The molecule has 0 saturated heterocycles. The molecule has 20 heavy (non-hydrogen) atoms. The lowest BCUT2D eigenvalue weighted by Crippen LogP contribution is -2.21. The van der Waals surface area contributed by atoms with Crippen LogP contribution in [0.2, 0.25) is 0 Å². The minimum absolute atomic E-state index is 0.0227. The molecule has 112 valence electrons. The highest BCUT2D eigenvalue weighted by Crippen LogP contribution is 2.20. The van der Waals surface area contributed by atoms with Crippen LogP contribution in [0.25, 0.3) is 0 Å². The number of ether oxygens (including phenoxy) is 1. The number of rotatable bonds is 8. The van der Waals surface area contributed by atoms with Gasteiger partial charge >= 0.3 is 0 Å². The minimum atomic E-state index is -2.75. The molecule has 1 unspecified atom stereocenters. The van der Waals surface area contributed by atoms with Gasteiger partial charge in [-0.15, -0.1) is 0 Å². The van der Waals surface area contributed by atoms with Gasteiger partial charge in [0.1, 0.15) is 18.5 Å². The summed E-state index contributed by atoms with van der Waals surface area (Å²) < 4.78 is 28.7. The molecule has 2 N–H and O–H groups in total. The summed E-state index contributed by atoms with van der Waals surface area (Å²) in [4.78, 5) is 0. The first-order valence-electron chi connectivity index (χ1n) is 6.20. The van der Waals surface area contributed by atoms with Crippen LogP contribution in [0, 0.1) is 0 Å². The van der Waals surface area contributed by atoms with Crippen LogP contribution < -0.4 is 9.04 Å². The van der Waals surface area contributed by atoms with E-state index in [9.17, 15) is 8.42 Å². The van der Waals surface area contributed by atoms with Crippen molar-refractivity contribution in [1.82, 2.24) is 0 Å². The average Bonchev–Trinajstić information content (AvgIpc) is 2.46. The molecule has 0 aliphatic carbocycles. The van der Waals surface area contributed by atoms with Crippen molar-refractivity contribution in [1.29, 1.82) is 0 Å². The van der Waals surface area contributed by atoms with Crippen molar-refractivity contribution in [2.24, 2.45) is 0 Å². The minimum Gasteiger partial charge on any atom is -0.491 e. The lowest BCUT2D eigenvalue weighted by molar-refractivity contribution is 0.0536. The Balaban J connectivity index is 2.75. The predicted octanol–water partition coefficient (Wildman–Crippen LogP) is 0.675. The largest absolute Gasteiger partial charge is 0.491 e. The molecule has 1 aromatic carbocycles. The van der Waals surface area contributed by atoms with E-state index in [1.165, 1.54) is 6.20 Å². The van der Waals surface area contributed by atoms with E-state index in [1.807, 2.05) is 6.92 Å². The molecule has 0 fully saturated rings. The Labute approximate surface area is 120 Å². The van der Waals surface area contributed by atoms with E-state index in [0.717, 1.165) is 10.7 Å². The third-order valence-electron chi connectivity index (χ3n) is 2.41. The number of nitrogens with zero attached hydrogens (tertiary/aromatic N) is 1. The van der Waals surface area contributed by atoms with Crippen LogP contribution in [-0.2, 0) is 10.9 Å². The van der Waals surface area contributed by atoms with Crippen LogP contribution in [-0.4, -0.2) is 37.9 Å². The lowest BCUT2D eigenvalue weighted by Gasteiger charge is -2.14. The zero-order chi connectivity index (χ0) is 15.0. The Bertz CT molecular complexity index is 490. The molecule has 0 spiro atoms. The van der Waals surface area contributed by atoms with E-state index in [1.54, 1.807) is 30.3 Å². The Morgan fingerprint density at radius 3 is 2.50 bits per heavy atom. The van der Waals surface area contributed by atoms with E-state index in [2.05, 4.69) is 0 Å². The molecule has 0 aliphatic heterocycles. The van der Waals surface area contributed by atoms with Crippen molar-refractivity contribution < 1.29 is 23.4 Å². The van der Waals surface area contributed by atoms with Gasteiger partial charge in [0.15, 0.2) is 0 Å². The summed E-state index contributed by atoms with van der Waals surface area (Å²) >= 11 is 0. The fraction of sp³-hybridized carbons (Fsp3) is 0.385. The number of thiol groups is 1. The van der Waals surface area contributed by atoms with Gasteiger partial charge in [0.2, 0.25) is 10.9 Å². The average molecular weight is 301 g/mol. The maximum atomic E-state index is 11.2. The SMILES string of the molecule is CCC=CN(c1ccc(OCC(O)CO)cc1)[SH](=O)=O. The molecule has 0 saturated carbocycles. The second-order valence-corrected chi connectivity index (χ2v) is 4.92. The number of benzene rings is 1. The third-order valence-corrected chi connectivity index (χ3v) is 3.13. The topological polar surface area (TPSA) is 87.1 Å². The molecule has 0 amide bonds. The highest BCUT2D eigenvalue weighted by Gasteiger charge is 2.06. The van der Waals surface area contributed by atoms with Crippen LogP contribution >= 0.6 is 0 Å². The lowest BCUT2D eigenvalue weighted by atomic mass is 10.3. The maximum Gasteiger partial charge on any atom is 0.228 e. The fourth-order valence-electron chi connectivity index (χ4n) is 1.38. The normalized spacial score (nSPS) is 12.8. The van der Waals surface area contributed by atoms with Crippen molar-refractivity contribution in [3.63, 3.8) is 0 Å². The van der Waals surface area contributed by atoms with Gasteiger partial charge in [-0.2, -0.15) is 0 Å². The molecule has 1 rings (SSSR count). The van der Waals surface area contributed by atoms with Crippen molar-refractivity contribution in [3.8, 4) is 5.75 Å². The summed E-state index contributed by atoms with van der Waals surface area (Å²) in [6.45, 7) is 1.52. The van der Waals surface area contributed by atoms with Crippen LogP contribution in [0.1, 0.15) is 13.3 Å². The van der Waals surface area contributed by atoms with E-state index < -0.39 is 17.0 Å². The number of anilines is 1. The van der Waals surface area contributed by atoms with Crippen LogP contribution in [0.3, 0.4) is 0 Å². The van der Waals surface area contributed by atoms with Gasteiger partial charge in [0, 0.05) is 6.20 Å². The second-order valence-electron chi connectivity index (χ2n) is 4.02. The Kier molecular flexibility index (Phi) is 7.06. The number of aliphatic hydroxyl groups is 2. The smallest absolute Gasteiger partial charge is 0.228 e. The van der Waals surface area contributed by atoms with Crippen LogP contribution in [0.4, 0.5) is 5.69 Å². The van der Waals surface area contributed by atoms with Gasteiger partial charge in [0.25, 0.3) is 0 Å². The Morgan fingerprint density at radius 1 is 1.35 bits per heavy atom. The van der Waals surface area contributed by atoms with Gasteiger partial charge in [-0.05, 0) is 30.7 Å². The van der Waals surface area contributed by atoms with Crippen molar-refractivity contribution in [3.05, 3.63) is 36.5 Å².